The number of benzene rings is 1. The average Bonchev–Trinajstić information content (AvgIpc) is 2.86. The molecule has 1 saturated heterocycles. The van der Waals surface area contributed by atoms with E-state index >= 15 is 0 Å². The maximum absolute atomic E-state index is 13.2. The Labute approximate surface area is 145 Å². The fourth-order valence-electron chi connectivity index (χ4n) is 3.42. The molecule has 0 aromatic heterocycles. The van der Waals surface area contributed by atoms with Crippen molar-refractivity contribution in [1.82, 2.24) is 15.1 Å². The second-order valence-corrected chi connectivity index (χ2v) is 6.36. The molecule has 0 saturated carbocycles. The van der Waals surface area contributed by atoms with Gasteiger partial charge in [-0.15, -0.1) is 0 Å². The molecule has 2 aliphatic rings. The summed E-state index contributed by atoms with van der Waals surface area (Å²) in [6, 6.07) is 5.01. The molecule has 2 N–H and O–H groups in total. The molecule has 3 rings (SSSR count). The Hall–Kier alpha value is -2.25. The third-order valence-corrected chi connectivity index (χ3v) is 4.74. The SMILES string of the molecule is CC(=O)C1=C(O)C(=O)N(CCN2CCNCC2)C1c1ccc(F)cc1. The summed E-state index contributed by atoms with van der Waals surface area (Å²) in [5.41, 5.74) is 0.696. The summed E-state index contributed by atoms with van der Waals surface area (Å²) in [7, 11) is 0. The quantitative estimate of drug-likeness (QED) is 0.832. The highest BCUT2D eigenvalue weighted by Gasteiger charge is 2.42. The van der Waals surface area contributed by atoms with Gasteiger partial charge < -0.3 is 15.3 Å². The molecule has 6 nitrogen and oxygen atoms in total. The van der Waals surface area contributed by atoms with Gasteiger partial charge in [-0.1, -0.05) is 12.1 Å². The van der Waals surface area contributed by atoms with Gasteiger partial charge in [0, 0.05) is 39.3 Å². The molecule has 0 bridgehead atoms. The topological polar surface area (TPSA) is 72.9 Å². The molecule has 25 heavy (non-hydrogen) atoms. The molecule has 2 heterocycles. The van der Waals surface area contributed by atoms with Gasteiger partial charge >= 0.3 is 0 Å². The van der Waals surface area contributed by atoms with E-state index in [0.29, 0.717) is 18.7 Å². The van der Waals surface area contributed by atoms with Crippen LogP contribution in [0.2, 0.25) is 0 Å². The van der Waals surface area contributed by atoms with Crippen molar-refractivity contribution in [2.75, 3.05) is 39.3 Å². The standard InChI is InChI=1S/C18H22FN3O3/c1-12(23)15-16(13-2-4-14(19)5-3-13)22(18(25)17(15)24)11-10-21-8-6-20-7-9-21/h2-5,16,20,24H,6-11H2,1H3. The van der Waals surface area contributed by atoms with Crippen molar-refractivity contribution in [2.45, 2.75) is 13.0 Å². The molecular weight excluding hydrogens is 325 g/mol. The minimum atomic E-state index is -0.673. The van der Waals surface area contributed by atoms with Crippen LogP contribution in [-0.4, -0.2) is 65.9 Å². The van der Waals surface area contributed by atoms with Crippen LogP contribution in [0.1, 0.15) is 18.5 Å². The van der Waals surface area contributed by atoms with Crippen LogP contribution in [0.3, 0.4) is 0 Å². The lowest BCUT2D eigenvalue weighted by Gasteiger charge is -2.32. The van der Waals surface area contributed by atoms with Gasteiger partial charge in [0.05, 0.1) is 11.6 Å². The van der Waals surface area contributed by atoms with Crippen LogP contribution < -0.4 is 5.32 Å². The number of aliphatic hydroxyl groups excluding tert-OH is 1. The van der Waals surface area contributed by atoms with E-state index in [0.717, 1.165) is 26.2 Å². The first-order valence-corrected chi connectivity index (χ1v) is 8.42. The monoisotopic (exact) mass is 347 g/mol. The number of piperazine rings is 1. The number of Topliss-reactive ketones (excluding diaryl/α,β-unsaturated/α-hetero) is 1. The van der Waals surface area contributed by atoms with Crippen LogP contribution in [0, 0.1) is 5.82 Å². The Kier molecular flexibility index (Phi) is 5.15. The lowest BCUT2D eigenvalue weighted by atomic mass is 9.97. The highest BCUT2D eigenvalue weighted by molar-refractivity contribution is 6.08. The molecule has 1 aromatic carbocycles. The van der Waals surface area contributed by atoms with Crippen LogP contribution in [0.5, 0.6) is 0 Å². The zero-order valence-corrected chi connectivity index (χ0v) is 14.2. The second-order valence-electron chi connectivity index (χ2n) is 6.36. The molecule has 1 fully saturated rings. The van der Waals surface area contributed by atoms with Gasteiger partial charge in [0.1, 0.15) is 5.82 Å². The van der Waals surface area contributed by atoms with Gasteiger partial charge in [-0.2, -0.15) is 0 Å². The van der Waals surface area contributed by atoms with E-state index in [2.05, 4.69) is 10.2 Å². The number of halogens is 1. The zero-order chi connectivity index (χ0) is 18.0. The van der Waals surface area contributed by atoms with E-state index in [4.69, 9.17) is 0 Å². The van der Waals surface area contributed by atoms with Crippen LogP contribution in [-0.2, 0) is 9.59 Å². The van der Waals surface area contributed by atoms with Gasteiger partial charge in [0.25, 0.3) is 5.91 Å². The van der Waals surface area contributed by atoms with Crippen molar-refractivity contribution in [3.63, 3.8) is 0 Å². The number of carbonyl (C=O) groups excluding carboxylic acids is 2. The number of nitrogens with one attached hydrogen (secondary N) is 1. The first-order valence-electron chi connectivity index (χ1n) is 8.42. The summed E-state index contributed by atoms with van der Waals surface area (Å²) in [6.45, 7) is 5.96. The van der Waals surface area contributed by atoms with Gasteiger partial charge in [-0.05, 0) is 24.6 Å². The van der Waals surface area contributed by atoms with Crippen molar-refractivity contribution in [3.05, 3.63) is 47.0 Å². The molecular formula is C18H22FN3O3. The Morgan fingerprint density at radius 2 is 1.88 bits per heavy atom. The summed E-state index contributed by atoms with van der Waals surface area (Å²) in [5, 5.41) is 13.5. The fraction of sp³-hybridized carbons (Fsp3) is 0.444. The number of amides is 1. The van der Waals surface area contributed by atoms with Crippen molar-refractivity contribution in [2.24, 2.45) is 0 Å². The first kappa shape index (κ1) is 17.6. The van der Waals surface area contributed by atoms with E-state index in [1.165, 1.54) is 24.0 Å². The Morgan fingerprint density at radius 3 is 2.48 bits per heavy atom. The van der Waals surface area contributed by atoms with E-state index < -0.39 is 23.5 Å². The third-order valence-electron chi connectivity index (χ3n) is 4.74. The highest BCUT2D eigenvalue weighted by Crippen LogP contribution is 2.37. The molecule has 1 aromatic rings. The summed E-state index contributed by atoms with van der Waals surface area (Å²) in [6.07, 6.45) is 0. The maximum atomic E-state index is 13.2. The Morgan fingerprint density at radius 1 is 1.24 bits per heavy atom. The zero-order valence-electron chi connectivity index (χ0n) is 14.2. The molecule has 0 aliphatic carbocycles. The fourth-order valence-corrected chi connectivity index (χ4v) is 3.42. The number of nitrogens with zero attached hydrogens (tertiary/aromatic N) is 2. The highest BCUT2D eigenvalue weighted by atomic mass is 19.1. The van der Waals surface area contributed by atoms with E-state index in [1.54, 1.807) is 12.1 Å². The predicted octanol–water partition coefficient (Wildman–Crippen LogP) is 1.02. The number of hydrogen-bond acceptors (Lipinski definition) is 5. The number of aliphatic hydroxyl groups is 1. The van der Waals surface area contributed by atoms with E-state index in [1.807, 2.05) is 0 Å². The van der Waals surface area contributed by atoms with Crippen molar-refractivity contribution in [3.8, 4) is 0 Å². The van der Waals surface area contributed by atoms with Crippen molar-refractivity contribution < 1.29 is 19.1 Å². The summed E-state index contributed by atoms with van der Waals surface area (Å²) < 4.78 is 13.2. The Bertz CT molecular complexity index is 696. The van der Waals surface area contributed by atoms with E-state index in [-0.39, 0.29) is 11.4 Å². The molecule has 0 radical (unpaired) electrons. The molecule has 1 unspecified atom stereocenters. The van der Waals surface area contributed by atoms with Crippen LogP contribution >= 0.6 is 0 Å². The first-order chi connectivity index (χ1) is 12.0. The smallest absolute Gasteiger partial charge is 0.290 e. The molecule has 7 heteroatoms. The van der Waals surface area contributed by atoms with Crippen LogP contribution in [0.15, 0.2) is 35.6 Å². The summed E-state index contributed by atoms with van der Waals surface area (Å²) in [5.74, 6) is -1.79. The number of carbonyl (C=O) groups is 2. The van der Waals surface area contributed by atoms with Gasteiger partial charge in [-0.25, -0.2) is 4.39 Å². The van der Waals surface area contributed by atoms with E-state index in [9.17, 15) is 19.1 Å². The second kappa shape index (κ2) is 7.33. The Balaban J connectivity index is 1.85. The average molecular weight is 347 g/mol. The normalized spacial score (nSPS) is 21.9. The summed E-state index contributed by atoms with van der Waals surface area (Å²) in [4.78, 5) is 28.3. The molecule has 0 spiro atoms. The molecule has 1 atom stereocenters. The molecule has 2 aliphatic heterocycles. The van der Waals surface area contributed by atoms with Gasteiger partial charge in [-0.3, -0.25) is 14.5 Å². The van der Waals surface area contributed by atoms with Crippen molar-refractivity contribution in [1.29, 1.82) is 0 Å². The minimum Gasteiger partial charge on any atom is -0.503 e. The maximum Gasteiger partial charge on any atom is 0.290 e. The summed E-state index contributed by atoms with van der Waals surface area (Å²) >= 11 is 0. The van der Waals surface area contributed by atoms with Crippen molar-refractivity contribution >= 4 is 11.7 Å². The lowest BCUT2D eigenvalue weighted by Crippen LogP contribution is -2.47. The third kappa shape index (κ3) is 3.57. The number of ketones is 1. The lowest BCUT2D eigenvalue weighted by molar-refractivity contribution is -0.129. The van der Waals surface area contributed by atoms with Gasteiger partial charge in [0.15, 0.2) is 11.5 Å². The number of rotatable bonds is 5. The predicted molar refractivity (Wildman–Crippen MR) is 90.5 cm³/mol. The molecule has 1 amide bonds. The van der Waals surface area contributed by atoms with Crippen LogP contribution in [0.25, 0.3) is 0 Å². The van der Waals surface area contributed by atoms with Crippen LogP contribution in [0.4, 0.5) is 4.39 Å². The largest absolute Gasteiger partial charge is 0.503 e. The van der Waals surface area contributed by atoms with Gasteiger partial charge in [0.2, 0.25) is 0 Å². The molecule has 134 valence electrons. The number of hydrogen-bond donors (Lipinski definition) is 2. The minimum absolute atomic E-state index is 0.0805.